The van der Waals surface area contributed by atoms with Crippen molar-refractivity contribution in [3.8, 4) is 17.0 Å². The van der Waals surface area contributed by atoms with Crippen molar-refractivity contribution in [3.05, 3.63) is 72.1 Å². The molecule has 0 saturated carbocycles. The van der Waals surface area contributed by atoms with Crippen molar-refractivity contribution in [1.82, 2.24) is 9.71 Å². The number of ether oxygens (including phenoxy) is 1. The Morgan fingerprint density at radius 2 is 1.90 bits per heavy atom. The summed E-state index contributed by atoms with van der Waals surface area (Å²) in [5.74, 6) is -0.524. The molecule has 0 spiro atoms. The fourth-order valence-electron chi connectivity index (χ4n) is 2.54. The van der Waals surface area contributed by atoms with E-state index in [2.05, 4.69) is 26.3 Å². The molecule has 7 nitrogen and oxygen atoms in total. The molecule has 2 aromatic carbocycles. The zero-order chi connectivity index (χ0) is 22.4. The molecule has 3 rings (SSSR count). The molecular formula is C20H17F2N3O4S2. The highest BCUT2D eigenvalue weighted by Crippen LogP contribution is 2.33. The van der Waals surface area contributed by atoms with Crippen molar-refractivity contribution in [3.63, 3.8) is 0 Å². The average Bonchev–Trinajstić information content (AvgIpc) is 3.20. The summed E-state index contributed by atoms with van der Waals surface area (Å²) in [6.07, 6.45) is 1.42. The third kappa shape index (κ3) is 5.72. The highest BCUT2D eigenvalue weighted by molar-refractivity contribution is 7.89. The Bertz CT molecular complexity index is 1180. The summed E-state index contributed by atoms with van der Waals surface area (Å²) < 4.78 is 56.2. The second-order valence-corrected chi connectivity index (χ2v) is 8.66. The number of anilines is 1. The number of thiazole rings is 1. The van der Waals surface area contributed by atoms with Crippen LogP contribution in [0.15, 0.2) is 71.5 Å². The molecule has 1 aromatic heterocycles. The lowest BCUT2D eigenvalue weighted by Gasteiger charge is -2.08. The van der Waals surface area contributed by atoms with Gasteiger partial charge in [-0.2, -0.15) is 8.78 Å². The predicted molar refractivity (Wildman–Crippen MR) is 114 cm³/mol. The first-order chi connectivity index (χ1) is 14.8. The quantitative estimate of drug-likeness (QED) is 0.463. The molecule has 2 N–H and O–H groups in total. The number of aromatic nitrogens is 1. The first-order valence-electron chi connectivity index (χ1n) is 8.82. The van der Waals surface area contributed by atoms with Gasteiger partial charge >= 0.3 is 6.61 Å². The van der Waals surface area contributed by atoms with Crippen LogP contribution in [0.25, 0.3) is 11.3 Å². The first-order valence-corrected chi connectivity index (χ1v) is 11.2. The van der Waals surface area contributed by atoms with Gasteiger partial charge in [-0.15, -0.1) is 17.9 Å². The number of carbonyl (C=O) groups excluding carboxylic acids is 1. The lowest BCUT2D eigenvalue weighted by molar-refractivity contribution is -0.0494. The van der Waals surface area contributed by atoms with Crippen molar-refractivity contribution in [2.24, 2.45) is 0 Å². The van der Waals surface area contributed by atoms with Crippen LogP contribution in [0.3, 0.4) is 0 Å². The number of benzene rings is 2. The van der Waals surface area contributed by atoms with Gasteiger partial charge in [0.2, 0.25) is 10.0 Å². The predicted octanol–water partition coefficient (Wildman–Crippen LogP) is 4.13. The summed E-state index contributed by atoms with van der Waals surface area (Å²) in [6.45, 7) is 0.559. The molecule has 0 aliphatic carbocycles. The summed E-state index contributed by atoms with van der Waals surface area (Å²) in [7, 11) is -3.69. The first kappa shape index (κ1) is 22.5. The second-order valence-electron chi connectivity index (χ2n) is 6.03. The van der Waals surface area contributed by atoms with Crippen molar-refractivity contribution in [1.29, 1.82) is 0 Å². The minimum Gasteiger partial charge on any atom is -0.434 e. The number of rotatable bonds is 9. The van der Waals surface area contributed by atoms with E-state index in [1.165, 1.54) is 36.4 Å². The number of alkyl halides is 2. The third-order valence-electron chi connectivity index (χ3n) is 3.95. The molecule has 0 saturated heterocycles. The van der Waals surface area contributed by atoms with E-state index in [-0.39, 0.29) is 27.9 Å². The third-order valence-corrected chi connectivity index (χ3v) is 6.15. The number of carbonyl (C=O) groups is 1. The number of halogens is 2. The molecule has 1 amide bonds. The van der Waals surface area contributed by atoms with Gasteiger partial charge in [-0.3, -0.25) is 10.1 Å². The van der Waals surface area contributed by atoms with Crippen LogP contribution in [0.4, 0.5) is 13.9 Å². The number of para-hydroxylation sites is 1. The fourth-order valence-corrected chi connectivity index (χ4v) is 4.24. The lowest BCUT2D eigenvalue weighted by Crippen LogP contribution is -2.23. The molecule has 0 bridgehead atoms. The molecule has 3 aromatic rings. The minimum atomic E-state index is -3.69. The molecule has 31 heavy (non-hydrogen) atoms. The van der Waals surface area contributed by atoms with E-state index in [1.807, 2.05) is 0 Å². The van der Waals surface area contributed by atoms with Crippen LogP contribution in [-0.2, 0) is 10.0 Å². The van der Waals surface area contributed by atoms with E-state index in [0.29, 0.717) is 11.3 Å². The molecule has 11 heteroatoms. The molecule has 1 heterocycles. The number of hydrogen-bond acceptors (Lipinski definition) is 6. The molecule has 0 aliphatic heterocycles. The molecule has 0 fully saturated rings. The van der Waals surface area contributed by atoms with Crippen molar-refractivity contribution in [2.45, 2.75) is 11.5 Å². The Morgan fingerprint density at radius 3 is 2.58 bits per heavy atom. The maximum atomic E-state index is 12.6. The highest BCUT2D eigenvalue weighted by Gasteiger charge is 2.16. The molecule has 0 unspecified atom stereocenters. The minimum absolute atomic E-state index is 0.0121. The number of nitrogens with zero attached hydrogens (tertiary/aromatic N) is 1. The van der Waals surface area contributed by atoms with Gasteiger partial charge in [0.15, 0.2) is 5.13 Å². The molecule has 0 aliphatic rings. The Hall–Kier alpha value is -3.15. The Kier molecular flexibility index (Phi) is 7.10. The number of amides is 1. The SMILES string of the molecule is C=CCNS(=O)(=O)c1ccc(C(=O)Nc2nc(-c3ccccc3OC(F)F)cs2)cc1. The van der Waals surface area contributed by atoms with Gasteiger partial charge in [-0.05, 0) is 36.4 Å². The number of nitrogens with one attached hydrogen (secondary N) is 2. The van der Waals surface area contributed by atoms with Crippen LogP contribution in [0.2, 0.25) is 0 Å². The van der Waals surface area contributed by atoms with Gasteiger partial charge in [-0.1, -0.05) is 18.2 Å². The van der Waals surface area contributed by atoms with E-state index < -0.39 is 22.5 Å². The molecule has 162 valence electrons. The van der Waals surface area contributed by atoms with Gasteiger partial charge in [0.25, 0.3) is 5.91 Å². The number of hydrogen-bond donors (Lipinski definition) is 2. The van der Waals surface area contributed by atoms with Crippen molar-refractivity contribution >= 4 is 32.4 Å². The average molecular weight is 466 g/mol. The summed E-state index contributed by atoms with van der Waals surface area (Å²) in [6, 6.07) is 11.6. The van der Waals surface area contributed by atoms with E-state index in [9.17, 15) is 22.0 Å². The van der Waals surface area contributed by atoms with Gasteiger partial charge in [0.05, 0.1) is 10.6 Å². The lowest BCUT2D eigenvalue weighted by atomic mass is 10.1. The smallest absolute Gasteiger partial charge is 0.387 e. The summed E-state index contributed by atoms with van der Waals surface area (Å²) in [4.78, 5) is 16.7. The van der Waals surface area contributed by atoms with E-state index >= 15 is 0 Å². The molecular weight excluding hydrogens is 448 g/mol. The van der Waals surface area contributed by atoms with Crippen LogP contribution in [-0.4, -0.2) is 32.5 Å². The zero-order valence-electron chi connectivity index (χ0n) is 15.9. The van der Waals surface area contributed by atoms with Gasteiger partial charge in [0, 0.05) is 23.1 Å². The molecule has 0 radical (unpaired) electrons. The summed E-state index contributed by atoms with van der Waals surface area (Å²) in [5.41, 5.74) is 0.952. The van der Waals surface area contributed by atoms with Gasteiger partial charge in [-0.25, -0.2) is 18.1 Å². The molecule has 0 atom stereocenters. The maximum absolute atomic E-state index is 12.6. The monoisotopic (exact) mass is 465 g/mol. The maximum Gasteiger partial charge on any atom is 0.387 e. The van der Waals surface area contributed by atoms with Crippen molar-refractivity contribution < 1.29 is 26.7 Å². The second kappa shape index (κ2) is 9.77. The Morgan fingerprint density at radius 1 is 1.19 bits per heavy atom. The Labute approximate surface area is 181 Å². The highest BCUT2D eigenvalue weighted by atomic mass is 32.2. The van der Waals surface area contributed by atoms with Crippen LogP contribution in [0, 0.1) is 0 Å². The zero-order valence-corrected chi connectivity index (χ0v) is 17.6. The van der Waals surface area contributed by atoms with E-state index in [0.717, 1.165) is 11.3 Å². The van der Waals surface area contributed by atoms with Crippen molar-refractivity contribution in [2.75, 3.05) is 11.9 Å². The van der Waals surface area contributed by atoms with E-state index in [4.69, 9.17) is 0 Å². The van der Waals surface area contributed by atoms with Crippen LogP contribution >= 0.6 is 11.3 Å². The topological polar surface area (TPSA) is 97.4 Å². The van der Waals surface area contributed by atoms with Crippen LogP contribution < -0.4 is 14.8 Å². The van der Waals surface area contributed by atoms with Crippen LogP contribution in [0.5, 0.6) is 5.75 Å². The standard InChI is InChI=1S/C20H17F2N3O4S2/c1-2-11-23-31(27,28)14-9-7-13(8-10-14)18(26)25-20-24-16(12-30-20)15-5-3-4-6-17(15)29-19(21)22/h2-10,12,19,23H,1,11H2,(H,24,25,26). The fraction of sp³-hybridized carbons (Fsp3) is 0.100. The summed E-state index contributed by atoms with van der Waals surface area (Å²) in [5, 5.41) is 4.45. The number of sulfonamides is 1. The summed E-state index contributed by atoms with van der Waals surface area (Å²) >= 11 is 1.11. The normalized spacial score (nSPS) is 11.3. The van der Waals surface area contributed by atoms with E-state index in [1.54, 1.807) is 23.6 Å². The van der Waals surface area contributed by atoms with Gasteiger partial charge < -0.3 is 4.74 Å². The van der Waals surface area contributed by atoms with Crippen LogP contribution in [0.1, 0.15) is 10.4 Å². The largest absolute Gasteiger partial charge is 0.434 e. The Balaban J connectivity index is 1.73. The van der Waals surface area contributed by atoms with Gasteiger partial charge in [0.1, 0.15) is 5.75 Å².